The van der Waals surface area contributed by atoms with Crippen molar-refractivity contribution in [2.45, 2.75) is 111 Å². The molecule has 3 rings (SSSR count). The minimum absolute atomic E-state index is 0.0590. The number of carbonyl (C=O) groups is 1. The van der Waals surface area contributed by atoms with Crippen molar-refractivity contribution in [1.82, 2.24) is 0 Å². The number of ether oxygens (including phenoxy) is 3. The van der Waals surface area contributed by atoms with Crippen molar-refractivity contribution >= 4 is 5.97 Å². The quantitative estimate of drug-likeness (QED) is 0.102. The van der Waals surface area contributed by atoms with Gasteiger partial charge in [0, 0.05) is 0 Å². The van der Waals surface area contributed by atoms with E-state index in [9.17, 15) is 4.79 Å². The molecule has 222 valence electrons. The summed E-state index contributed by atoms with van der Waals surface area (Å²) in [5.41, 5.74) is 3.87. The molecule has 1 unspecified atom stereocenters. The second kappa shape index (κ2) is 19.0. The first-order chi connectivity index (χ1) is 20.1. The fourth-order valence-corrected chi connectivity index (χ4v) is 4.81. The number of carbonyl (C=O) groups excluding carboxylic acids is 1. The van der Waals surface area contributed by atoms with Gasteiger partial charge in [-0.25, -0.2) is 4.79 Å². The normalized spacial score (nSPS) is 11.7. The van der Waals surface area contributed by atoms with Gasteiger partial charge in [-0.2, -0.15) is 0 Å². The molecule has 0 aliphatic heterocycles. The van der Waals surface area contributed by atoms with Gasteiger partial charge in [-0.05, 0) is 79.3 Å². The zero-order valence-corrected chi connectivity index (χ0v) is 25.5. The smallest absolute Gasteiger partial charge is 0.338 e. The average Bonchev–Trinajstić information content (AvgIpc) is 3.00. The third-order valence-corrected chi connectivity index (χ3v) is 7.43. The molecule has 0 N–H and O–H groups in total. The number of unbranched alkanes of at least 4 members (excludes halogenated alkanes) is 9. The largest absolute Gasteiger partial charge is 0.494 e. The highest BCUT2D eigenvalue weighted by Crippen LogP contribution is 2.25. The maximum atomic E-state index is 12.4. The summed E-state index contributed by atoms with van der Waals surface area (Å²) >= 11 is 0. The molecule has 3 aromatic carbocycles. The highest BCUT2D eigenvalue weighted by atomic mass is 16.5. The first-order valence-electron chi connectivity index (χ1n) is 15.8. The van der Waals surface area contributed by atoms with Crippen LogP contribution in [0.25, 0.3) is 11.1 Å². The molecule has 0 radical (unpaired) electrons. The van der Waals surface area contributed by atoms with Crippen LogP contribution in [0.15, 0.2) is 72.8 Å². The van der Waals surface area contributed by atoms with Crippen LogP contribution >= 0.6 is 0 Å². The first-order valence-corrected chi connectivity index (χ1v) is 15.8. The number of benzene rings is 3. The van der Waals surface area contributed by atoms with Gasteiger partial charge >= 0.3 is 5.97 Å². The Morgan fingerprint density at radius 1 is 0.610 bits per heavy atom. The minimum atomic E-state index is -0.260. The molecule has 0 heterocycles. The van der Waals surface area contributed by atoms with Crippen molar-refractivity contribution in [2.24, 2.45) is 0 Å². The molecule has 0 aliphatic carbocycles. The Kier molecular flexibility index (Phi) is 14.9. The van der Waals surface area contributed by atoms with Gasteiger partial charge in [0.2, 0.25) is 0 Å². The van der Waals surface area contributed by atoms with Crippen LogP contribution < -0.4 is 9.47 Å². The third-order valence-electron chi connectivity index (χ3n) is 7.43. The number of hydrogen-bond donors (Lipinski definition) is 0. The fourth-order valence-electron chi connectivity index (χ4n) is 4.81. The highest BCUT2D eigenvalue weighted by molar-refractivity contribution is 5.89. The van der Waals surface area contributed by atoms with Crippen LogP contribution in [0.2, 0.25) is 0 Å². The van der Waals surface area contributed by atoms with Gasteiger partial charge in [0.25, 0.3) is 0 Å². The second-order valence-electron chi connectivity index (χ2n) is 11.1. The summed E-state index contributed by atoms with van der Waals surface area (Å²) < 4.78 is 17.5. The monoisotopic (exact) mass is 558 g/mol. The van der Waals surface area contributed by atoms with Crippen LogP contribution in [0.5, 0.6) is 11.5 Å². The molecule has 3 aromatic rings. The van der Waals surface area contributed by atoms with Crippen LogP contribution in [0.1, 0.15) is 114 Å². The highest BCUT2D eigenvalue weighted by Gasteiger charge is 2.12. The summed E-state index contributed by atoms with van der Waals surface area (Å²) in [5.74, 6) is 1.48. The van der Waals surface area contributed by atoms with Gasteiger partial charge in [-0.3, -0.25) is 0 Å². The maximum absolute atomic E-state index is 12.4. The molecule has 0 amide bonds. The number of hydrogen-bond acceptors (Lipinski definition) is 4. The van der Waals surface area contributed by atoms with Crippen molar-refractivity contribution in [2.75, 3.05) is 6.61 Å². The van der Waals surface area contributed by atoms with E-state index in [1.54, 1.807) is 0 Å². The van der Waals surface area contributed by atoms with Gasteiger partial charge in [-0.15, -0.1) is 0 Å². The molecule has 41 heavy (non-hydrogen) atoms. The molecule has 0 bridgehead atoms. The number of rotatable bonds is 20. The molecule has 0 fully saturated rings. The topological polar surface area (TPSA) is 44.8 Å². The fraction of sp³-hybridized carbons (Fsp3) is 0.486. The van der Waals surface area contributed by atoms with Gasteiger partial charge < -0.3 is 14.2 Å². The Morgan fingerprint density at radius 3 is 1.71 bits per heavy atom. The SMILES string of the molecule is CCCCCCCCCOc1ccc(-c2ccc(OCc3ccc(C(=O)OC(C)CCCCCC)cc3)cc2)cc1. The Hall–Kier alpha value is -3.27. The van der Waals surface area contributed by atoms with Crippen LogP contribution in [0.3, 0.4) is 0 Å². The maximum Gasteiger partial charge on any atom is 0.338 e. The van der Waals surface area contributed by atoms with E-state index in [0.29, 0.717) is 12.2 Å². The van der Waals surface area contributed by atoms with Gasteiger partial charge in [0.05, 0.1) is 18.3 Å². The summed E-state index contributed by atoms with van der Waals surface area (Å²) in [7, 11) is 0. The van der Waals surface area contributed by atoms with Crippen molar-refractivity contribution in [3.05, 3.63) is 83.9 Å². The average molecular weight is 559 g/mol. The molecule has 4 nitrogen and oxygen atoms in total. The Labute approximate surface area is 248 Å². The van der Waals surface area contributed by atoms with E-state index in [2.05, 4.69) is 50.2 Å². The summed E-state index contributed by atoms with van der Waals surface area (Å²) in [6.07, 6.45) is 14.6. The zero-order valence-electron chi connectivity index (χ0n) is 25.5. The lowest BCUT2D eigenvalue weighted by molar-refractivity contribution is 0.0319. The lowest BCUT2D eigenvalue weighted by Crippen LogP contribution is -2.15. The Morgan fingerprint density at radius 2 is 1.12 bits per heavy atom. The molecule has 4 heteroatoms. The van der Waals surface area contributed by atoms with E-state index in [4.69, 9.17) is 14.2 Å². The number of esters is 1. The van der Waals surface area contributed by atoms with E-state index >= 15 is 0 Å². The zero-order chi connectivity index (χ0) is 29.1. The standard InChI is InChI=1S/C37H50O4/c1-4-6-8-10-11-12-14-28-39-35-24-20-32(21-25-35)33-22-26-36(27-23-33)40-29-31-16-18-34(19-17-31)37(38)41-30(3)15-13-9-7-5-2/h16-27,30H,4-15,28-29H2,1-3H3. The lowest BCUT2D eigenvalue weighted by Gasteiger charge is -2.13. The van der Waals surface area contributed by atoms with Crippen molar-refractivity contribution in [3.8, 4) is 22.6 Å². The van der Waals surface area contributed by atoms with Gasteiger partial charge in [0.15, 0.2) is 0 Å². The van der Waals surface area contributed by atoms with Crippen molar-refractivity contribution in [3.63, 3.8) is 0 Å². The van der Waals surface area contributed by atoms with E-state index < -0.39 is 0 Å². The van der Waals surface area contributed by atoms with Crippen LogP contribution in [-0.2, 0) is 11.3 Å². The van der Waals surface area contributed by atoms with Crippen LogP contribution in [0, 0.1) is 0 Å². The van der Waals surface area contributed by atoms with Gasteiger partial charge in [0.1, 0.15) is 18.1 Å². The minimum Gasteiger partial charge on any atom is -0.494 e. The van der Waals surface area contributed by atoms with E-state index in [1.165, 1.54) is 57.8 Å². The van der Waals surface area contributed by atoms with E-state index in [0.717, 1.165) is 54.1 Å². The first kappa shape index (κ1) is 32.2. The molecule has 0 saturated heterocycles. The summed E-state index contributed by atoms with van der Waals surface area (Å²) in [5, 5.41) is 0. The van der Waals surface area contributed by atoms with Crippen molar-refractivity contribution < 1.29 is 19.0 Å². The predicted octanol–water partition coefficient (Wildman–Crippen LogP) is 10.6. The molecule has 0 saturated carbocycles. The summed E-state index contributed by atoms with van der Waals surface area (Å²) in [4.78, 5) is 12.4. The Balaban J connectivity index is 1.37. The molecule has 0 aliphatic rings. The molecule has 0 aromatic heterocycles. The van der Waals surface area contributed by atoms with Crippen LogP contribution in [0.4, 0.5) is 0 Å². The molecular formula is C37H50O4. The van der Waals surface area contributed by atoms with E-state index in [1.807, 2.05) is 43.3 Å². The molecule has 0 spiro atoms. The predicted molar refractivity (Wildman–Crippen MR) is 170 cm³/mol. The third kappa shape index (κ3) is 12.4. The second-order valence-corrected chi connectivity index (χ2v) is 11.1. The molecule has 1 atom stereocenters. The molecular weight excluding hydrogens is 508 g/mol. The van der Waals surface area contributed by atoms with E-state index in [-0.39, 0.29) is 12.1 Å². The van der Waals surface area contributed by atoms with Crippen LogP contribution in [-0.4, -0.2) is 18.7 Å². The van der Waals surface area contributed by atoms with Gasteiger partial charge in [-0.1, -0.05) is 108 Å². The van der Waals surface area contributed by atoms with Crippen molar-refractivity contribution in [1.29, 1.82) is 0 Å². The summed E-state index contributed by atoms with van der Waals surface area (Å²) in [6, 6.07) is 23.9. The lowest BCUT2D eigenvalue weighted by atomic mass is 10.1. The Bertz CT molecular complexity index is 1100. The summed E-state index contributed by atoms with van der Waals surface area (Å²) in [6.45, 7) is 7.64.